The lowest BCUT2D eigenvalue weighted by Gasteiger charge is -2.17. The molecule has 2 N–H and O–H groups in total. The average Bonchev–Trinajstić information content (AvgIpc) is 3.09. The predicted octanol–water partition coefficient (Wildman–Crippen LogP) is -0.141. The van der Waals surface area contributed by atoms with Crippen molar-refractivity contribution in [2.24, 2.45) is 0 Å². The van der Waals surface area contributed by atoms with E-state index >= 15 is 0 Å². The van der Waals surface area contributed by atoms with Crippen molar-refractivity contribution < 1.29 is 46.9 Å². The van der Waals surface area contributed by atoms with Gasteiger partial charge in [-0.05, 0) is 0 Å². The molecule has 0 aromatic carbocycles. The van der Waals surface area contributed by atoms with Crippen molar-refractivity contribution in [3.05, 3.63) is 22.7 Å². The van der Waals surface area contributed by atoms with Crippen LogP contribution in [0.25, 0.3) is 0 Å². The maximum Gasteiger partial charge on any atom is 0.509 e. The van der Waals surface area contributed by atoms with E-state index in [1.807, 2.05) is 5.48 Å². The number of aliphatic hydroxyl groups is 1. The monoisotopic (exact) mass is 395 g/mol. The van der Waals surface area contributed by atoms with Crippen molar-refractivity contribution in [2.75, 3.05) is 12.1 Å². The lowest BCUT2D eigenvalue weighted by atomic mass is 10.1. The molecule has 2 fully saturated rings. The molecule has 4 atom stereocenters. The summed E-state index contributed by atoms with van der Waals surface area (Å²) in [6.45, 7) is -0.495. The van der Waals surface area contributed by atoms with Crippen LogP contribution < -0.4 is 11.2 Å². The van der Waals surface area contributed by atoms with Crippen molar-refractivity contribution in [2.45, 2.75) is 37.1 Å². The van der Waals surface area contributed by atoms with Crippen LogP contribution in [-0.2, 0) is 23.8 Å². The number of nitrogens with one attached hydrogen (secondary N) is 1. The lowest BCUT2D eigenvalue weighted by Crippen LogP contribution is -2.34. The normalized spacial score (nSPS) is 26.9. The van der Waals surface area contributed by atoms with E-state index in [0.29, 0.717) is 0 Å². The maximum atomic E-state index is 12.1. The van der Waals surface area contributed by atoms with E-state index in [9.17, 15) is 32.7 Å². The van der Waals surface area contributed by atoms with E-state index in [1.54, 1.807) is 0 Å². The zero-order valence-corrected chi connectivity index (χ0v) is 13.2. The molecule has 0 amide bonds. The van der Waals surface area contributed by atoms with E-state index in [2.05, 4.69) is 9.82 Å². The van der Waals surface area contributed by atoms with Gasteiger partial charge in [-0.1, -0.05) is 0 Å². The first-order valence-corrected chi connectivity index (χ1v) is 7.43. The number of halogens is 3. The van der Waals surface area contributed by atoms with Crippen LogP contribution in [0.4, 0.5) is 23.8 Å². The summed E-state index contributed by atoms with van der Waals surface area (Å²) < 4.78 is 52.3. The molecule has 1 aromatic heterocycles. The van der Waals surface area contributed by atoms with Gasteiger partial charge in [-0.3, -0.25) is 4.57 Å². The first-order valence-electron chi connectivity index (χ1n) is 7.43. The van der Waals surface area contributed by atoms with Gasteiger partial charge in [-0.25, -0.2) is 19.9 Å². The molecule has 148 valence electrons. The molecular formula is C13H12F3N3O8. The number of alkyl halides is 3. The van der Waals surface area contributed by atoms with E-state index in [1.165, 1.54) is 0 Å². The number of carbonyl (C=O) groups is 2. The summed E-state index contributed by atoms with van der Waals surface area (Å²) in [4.78, 5) is 42.0. The zero-order valence-electron chi connectivity index (χ0n) is 13.2. The fourth-order valence-electron chi connectivity index (χ4n) is 2.57. The van der Waals surface area contributed by atoms with Gasteiger partial charge < -0.3 is 24.2 Å². The first kappa shape index (κ1) is 18.9. The van der Waals surface area contributed by atoms with Gasteiger partial charge in [-0.2, -0.15) is 18.2 Å². The Balaban J connectivity index is 1.69. The largest absolute Gasteiger partial charge is 0.509 e. The average molecular weight is 395 g/mol. The first-order chi connectivity index (χ1) is 12.7. The molecule has 2 aliphatic rings. The number of ether oxygens (including phenoxy) is 3. The van der Waals surface area contributed by atoms with Gasteiger partial charge in [0, 0.05) is 12.3 Å². The third-order valence-electron chi connectivity index (χ3n) is 3.65. The van der Waals surface area contributed by atoms with Crippen LogP contribution in [0.3, 0.4) is 0 Å². The fourth-order valence-corrected chi connectivity index (χ4v) is 2.57. The fraction of sp³-hybridized carbons (Fsp3) is 0.538. The number of fused-ring (bicyclic) bond motifs is 1. The number of nitrogens with zero attached hydrogens (tertiary/aromatic N) is 2. The van der Waals surface area contributed by atoms with Crippen molar-refractivity contribution >= 4 is 17.9 Å². The zero-order chi connectivity index (χ0) is 19.8. The molecule has 0 unspecified atom stereocenters. The number of aliphatic hydroxyl groups excluding tert-OH is 1. The Hall–Kier alpha value is -2.87. The minimum Gasteiger partial charge on any atom is -0.424 e. The molecule has 2 saturated heterocycles. The molecule has 0 bridgehead atoms. The van der Waals surface area contributed by atoms with Gasteiger partial charge in [0.15, 0.2) is 24.3 Å². The number of hydrogen-bond donors (Lipinski definition) is 2. The summed E-state index contributed by atoms with van der Waals surface area (Å²) in [5.74, 6) is -1.95. The number of aromatic nitrogens is 2. The molecule has 27 heavy (non-hydrogen) atoms. The van der Waals surface area contributed by atoms with Crippen molar-refractivity contribution in [1.82, 2.24) is 9.55 Å². The van der Waals surface area contributed by atoms with E-state index in [4.69, 9.17) is 14.2 Å². The van der Waals surface area contributed by atoms with Crippen molar-refractivity contribution in [1.29, 1.82) is 0 Å². The van der Waals surface area contributed by atoms with E-state index in [-0.39, 0.29) is 5.82 Å². The standard InChI is InChI=1S/C13H12F3N3O8/c14-13(15,16)3-7(21)27-18-6-1-2-19(11(22)17-6)10-9-8(5(4-20)24-10)25-12(23)26-9/h1-2,5,8-10,20H,3-4H2,(H,17,18,22)/t5-,8-,9-,10-/m1/s1. The second-order valence-electron chi connectivity index (χ2n) is 5.53. The third kappa shape index (κ3) is 4.11. The topological polar surface area (TPSA) is 138 Å². The molecule has 3 rings (SSSR count). The quantitative estimate of drug-likeness (QED) is 0.512. The molecule has 14 heteroatoms. The van der Waals surface area contributed by atoms with Crippen molar-refractivity contribution in [3.8, 4) is 0 Å². The molecule has 3 heterocycles. The molecule has 2 aliphatic heterocycles. The highest BCUT2D eigenvalue weighted by molar-refractivity contribution is 5.70. The van der Waals surface area contributed by atoms with E-state index in [0.717, 1.165) is 16.8 Å². The van der Waals surface area contributed by atoms with Crippen LogP contribution in [0.5, 0.6) is 0 Å². The number of hydrogen-bond acceptors (Lipinski definition) is 10. The molecule has 0 saturated carbocycles. The highest BCUT2D eigenvalue weighted by Crippen LogP contribution is 2.37. The van der Waals surface area contributed by atoms with Crippen LogP contribution >= 0.6 is 0 Å². The van der Waals surface area contributed by atoms with Crippen LogP contribution in [0.2, 0.25) is 0 Å². The molecule has 1 aromatic rings. The molecule has 11 nitrogen and oxygen atoms in total. The summed E-state index contributed by atoms with van der Waals surface area (Å²) in [6, 6.07) is 1.12. The minimum absolute atomic E-state index is 0.334. The second-order valence-corrected chi connectivity index (χ2v) is 5.53. The Bertz CT molecular complexity index is 798. The van der Waals surface area contributed by atoms with Crippen LogP contribution in [0.1, 0.15) is 12.6 Å². The van der Waals surface area contributed by atoms with Gasteiger partial charge in [0.25, 0.3) is 0 Å². The van der Waals surface area contributed by atoms with Crippen LogP contribution in [-0.4, -0.2) is 57.9 Å². The summed E-state index contributed by atoms with van der Waals surface area (Å²) in [5.41, 5.74) is 0.887. The summed E-state index contributed by atoms with van der Waals surface area (Å²) in [5, 5.41) is 9.27. The Morgan fingerprint density at radius 3 is 2.67 bits per heavy atom. The number of anilines is 1. The van der Waals surface area contributed by atoms with Gasteiger partial charge >= 0.3 is 24.0 Å². The molecule has 0 aliphatic carbocycles. The molecule has 0 spiro atoms. The maximum absolute atomic E-state index is 12.1. The van der Waals surface area contributed by atoms with Gasteiger partial charge in [-0.15, -0.1) is 0 Å². The lowest BCUT2D eigenvalue weighted by molar-refractivity contribution is -0.168. The summed E-state index contributed by atoms with van der Waals surface area (Å²) >= 11 is 0. The minimum atomic E-state index is -4.74. The Kier molecular flexibility index (Phi) is 4.93. The van der Waals surface area contributed by atoms with Crippen molar-refractivity contribution in [3.63, 3.8) is 0 Å². The Morgan fingerprint density at radius 1 is 1.33 bits per heavy atom. The highest BCUT2D eigenvalue weighted by Gasteiger charge is 2.55. The predicted molar refractivity (Wildman–Crippen MR) is 75.0 cm³/mol. The van der Waals surface area contributed by atoms with Gasteiger partial charge in [0.05, 0.1) is 6.61 Å². The molecular weight excluding hydrogens is 383 g/mol. The smallest absolute Gasteiger partial charge is 0.424 e. The highest BCUT2D eigenvalue weighted by atomic mass is 19.4. The Morgan fingerprint density at radius 2 is 2.04 bits per heavy atom. The van der Waals surface area contributed by atoms with Crippen LogP contribution in [0.15, 0.2) is 17.1 Å². The van der Waals surface area contributed by atoms with Gasteiger partial charge in [0.1, 0.15) is 12.5 Å². The Labute approximate surface area is 147 Å². The van der Waals surface area contributed by atoms with Crippen LogP contribution in [0, 0.1) is 0 Å². The third-order valence-corrected chi connectivity index (χ3v) is 3.65. The van der Waals surface area contributed by atoms with E-state index < -0.39 is 61.6 Å². The van der Waals surface area contributed by atoms with Gasteiger partial charge in [0.2, 0.25) is 0 Å². The summed E-state index contributed by atoms with van der Waals surface area (Å²) in [7, 11) is 0. The number of rotatable bonds is 5. The summed E-state index contributed by atoms with van der Waals surface area (Å²) in [6.07, 6.45) is -10.4. The SMILES string of the molecule is O=C(CC(F)(F)F)ONc1ccn([C@@H]2O[C@H](CO)[C@H]3OC(=O)O[C@H]32)c(=O)n1. The molecule has 0 radical (unpaired) electrons. The second kappa shape index (κ2) is 7.03. The number of carbonyl (C=O) groups excluding carboxylic acids is 2.